The molecule has 2 aliphatic rings. The molecule has 5 atom stereocenters. The minimum atomic E-state index is -6.43. The number of benzene rings is 7. The summed E-state index contributed by atoms with van der Waals surface area (Å²) in [5.74, 6) is -24.9. The maximum Gasteiger partial charge on any atom is 0.391 e. The number of ether oxygens (including phenoxy) is 7. The number of hydrogen-bond donors (Lipinski definition) is 0. The van der Waals surface area contributed by atoms with Crippen molar-refractivity contribution < 1.29 is 159 Å². The monoisotopic (exact) mass is 2010 g/mol. The molecule has 0 aromatic heterocycles. The van der Waals surface area contributed by atoms with Crippen LogP contribution in [0, 0.1) is 35.5 Å². The lowest BCUT2D eigenvalue weighted by atomic mass is 9.72. The molecule has 2 aliphatic carbocycles. The quantitative estimate of drug-likeness (QED) is 0.0131. The van der Waals surface area contributed by atoms with Crippen LogP contribution >= 0.6 is 0 Å². The molecule has 0 spiro atoms. The Morgan fingerprint density at radius 3 is 0.879 bits per heavy atom. The van der Waals surface area contributed by atoms with Gasteiger partial charge in [0.2, 0.25) is 11.6 Å². The average Bonchev–Trinajstić information content (AvgIpc) is 0.770. The van der Waals surface area contributed by atoms with Crippen molar-refractivity contribution in [1.82, 2.24) is 0 Å². The van der Waals surface area contributed by atoms with Crippen LogP contribution in [0.5, 0.6) is 23.0 Å². The maximum atomic E-state index is 14.5. The topological polar surface area (TPSA) is 504 Å². The Hall–Kier alpha value is -9.59. The summed E-state index contributed by atoms with van der Waals surface area (Å²) in [4.78, 5) is 112. The van der Waals surface area contributed by atoms with Gasteiger partial charge in [0.25, 0.3) is 0 Å². The summed E-state index contributed by atoms with van der Waals surface area (Å²) in [6.07, 6.45) is -2.17. The van der Waals surface area contributed by atoms with Gasteiger partial charge in [-0.2, -0.15) is 17.6 Å². The van der Waals surface area contributed by atoms with Crippen LogP contribution in [0.3, 0.4) is 0 Å². The average molecular weight is 2010 g/mol. The largest absolute Gasteiger partial charge is 0.748 e. The van der Waals surface area contributed by atoms with E-state index < -0.39 is 193 Å². The molecule has 0 aliphatic heterocycles. The van der Waals surface area contributed by atoms with Crippen molar-refractivity contribution >= 4 is 222 Å². The SMILES string of the molecule is [B]Cc1cc(C[B])c(OC(=O)C2CC(C(=O)Oc3c(C[B])cc(C[B])cc3C[B])CC(C(=O)C(F)(F)S(=O)(=O)[O-])C2)c(C[B])c1.[B]Cc1cc(C[B])c(OC(=O)C2CCC(C(=O)C(F)(F)S(=O)(=O)[O-])C(C(=O)Oc3c(C[B])cc(C[B])cc3C[B])C2)c(C[B])c1.[B]Cc1ccc(COC(=O)CS(=O)(=O)[O-])cc1.[B]Cc1cccc(COC(=O)CS(=O)(=O)[O-])c1.[B]Cc1ccccc1COC(=O)CS(=O)(=O)[O-]. The molecular weight excluding hydrogens is 1930 g/mol. The van der Waals surface area contributed by atoms with E-state index in [1.54, 1.807) is 115 Å². The molecule has 141 heavy (non-hydrogen) atoms. The number of hydrogen-bond acceptors (Lipinski definition) is 31. The first kappa shape index (κ1) is 122. The van der Waals surface area contributed by atoms with Crippen molar-refractivity contribution in [1.29, 1.82) is 0 Å². The standard InChI is InChI=1S/2C28H26B6F2O8S.3C10H11BO5S/c29-8-14-1-19(10-31)23(20(2-14)11-32)43-26(38)17-5-16(25(37)28(35,36)45(40,41)42)6-18(7-17)27(39)44-24-21(12-33)3-15(9-30)4-22(24)13-34;29-8-14-3-17(10-31)23(18(4-14)11-32)43-26(38)16-1-2-21(25(37)28(35,36)45(40,41)42)22(7-16)27(39)44-24-19(12-33)5-15(9-30)6-20(24)13-34;11-5-8-1-3-9(4-2-8)6-16-10(12)7-17(13,14)15;11-5-8-2-1-3-9(4-8)6-16-10(12)7-17(13,14)15;11-5-8-3-1-2-4-9(8)6-16-10(12)7-17(13,14)15/h1-4,16-18H,5-13H2,(H,40,41,42);3-6,16,21-22H,1-2,7-13H2,(H,40,41,42);3*1-4H,5-7H2,(H,13,14,15)/p-5. The zero-order valence-corrected chi connectivity index (χ0v) is 79.6. The summed E-state index contributed by atoms with van der Waals surface area (Å²) in [6.45, 7) is -0.247. The third-order valence-corrected chi connectivity index (χ3v) is 24.8. The van der Waals surface area contributed by atoms with E-state index in [4.69, 9.17) is 137 Å². The molecule has 0 N–H and O–H groups in total. The Kier molecular flexibility index (Phi) is 48.4. The van der Waals surface area contributed by atoms with Crippen LogP contribution in [0.4, 0.5) is 17.6 Å². The van der Waals surface area contributed by atoms with Crippen molar-refractivity contribution in [2.75, 3.05) is 17.3 Å². The van der Waals surface area contributed by atoms with Gasteiger partial charge < -0.3 is 55.9 Å². The highest BCUT2D eigenvalue weighted by Crippen LogP contribution is 2.45. The van der Waals surface area contributed by atoms with Gasteiger partial charge in [-0.05, 0) is 105 Å². The second kappa shape index (κ2) is 56.0. The maximum absolute atomic E-state index is 14.5. The minimum Gasteiger partial charge on any atom is -0.748 e. The summed E-state index contributed by atoms with van der Waals surface area (Å²) in [6, 6.07) is 33.7. The number of halogens is 4. The number of carbonyl (C=O) groups is 9. The highest BCUT2D eigenvalue weighted by Gasteiger charge is 2.56. The van der Waals surface area contributed by atoms with Gasteiger partial charge >= 0.3 is 52.3 Å². The van der Waals surface area contributed by atoms with Crippen LogP contribution in [0.15, 0.2) is 121 Å². The fourth-order valence-electron chi connectivity index (χ4n) is 14.4. The van der Waals surface area contributed by atoms with Crippen LogP contribution in [-0.4, -0.2) is 264 Å². The number of Topliss-reactive ketones (excluding diaryl/α,β-unsaturated/α-hetero) is 2. The first-order chi connectivity index (χ1) is 66.0. The number of carbonyl (C=O) groups excluding carboxylic acids is 9. The lowest BCUT2D eigenvalue weighted by molar-refractivity contribution is -0.155. The Labute approximate surface area is 835 Å². The molecule has 31 nitrogen and oxygen atoms in total. The minimum absolute atomic E-state index is 0.00223. The molecule has 0 bridgehead atoms. The van der Waals surface area contributed by atoms with Gasteiger partial charge in [0.1, 0.15) is 90.4 Å². The molecule has 718 valence electrons. The van der Waals surface area contributed by atoms with Gasteiger partial charge in [0.05, 0.1) is 141 Å². The second-order valence-corrected chi connectivity index (χ2v) is 38.5. The van der Waals surface area contributed by atoms with E-state index in [2.05, 4.69) is 14.2 Å². The highest BCUT2D eigenvalue weighted by atomic mass is 32.2. The molecule has 7 aromatic carbocycles. The first-order valence-corrected chi connectivity index (χ1v) is 49.8. The highest BCUT2D eigenvalue weighted by molar-refractivity contribution is 7.88. The van der Waals surface area contributed by atoms with Crippen molar-refractivity contribution in [2.45, 2.75) is 164 Å². The van der Waals surface area contributed by atoms with E-state index in [0.717, 1.165) is 16.7 Å². The molecule has 9 rings (SSSR count). The van der Waals surface area contributed by atoms with Gasteiger partial charge in [0.15, 0.2) is 20.2 Å². The molecule has 55 heteroatoms. The van der Waals surface area contributed by atoms with Crippen molar-refractivity contribution in [2.24, 2.45) is 35.5 Å². The fourth-order valence-corrected chi connectivity index (χ4v) is 16.3. The number of esters is 7. The van der Waals surface area contributed by atoms with Crippen LogP contribution in [-0.2, 0) is 223 Å². The predicted octanol–water partition coefficient (Wildman–Crippen LogP) is 1.73. The zero-order chi connectivity index (χ0) is 106. The summed E-state index contributed by atoms with van der Waals surface area (Å²) < 4.78 is 254. The van der Waals surface area contributed by atoms with Gasteiger partial charge in [-0.15, -0.1) is 0 Å². The molecule has 30 radical (unpaired) electrons. The van der Waals surface area contributed by atoms with Gasteiger partial charge in [-0.25, -0.2) is 42.1 Å². The smallest absolute Gasteiger partial charge is 0.391 e. The summed E-state index contributed by atoms with van der Waals surface area (Å²) in [7, 11) is 59.2. The fraction of sp³-hybridized carbons (Fsp3) is 0.407. The Bertz CT molecular complexity index is 6020. The van der Waals surface area contributed by atoms with Crippen LogP contribution < -0.4 is 18.9 Å². The number of alkyl halides is 4. The second-order valence-electron chi connectivity index (χ2n) is 31.4. The van der Waals surface area contributed by atoms with E-state index >= 15 is 0 Å². The van der Waals surface area contributed by atoms with Crippen molar-refractivity contribution in [3.63, 3.8) is 0 Å². The molecule has 2 saturated carbocycles. The van der Waals surface area contributed by atoms with Crippen LogP contribution in [0.25, 0.3) is 0 Å². The van der Waals surface area contributed by atoms with E-state index in [9.17, 15) is 126 Å². The van der Waals surface area contributed by atoms with Crippen molar-refractivity contribution in [3.05, 3.63) is 221 Å². The predicted molar refractivity (Wildman–Crippen MR) is 511 cm³/mol. The van der Waals surface area contributed by atoms with E-state index in [1.165, 1.54) is 0 Å². The van der Waals surface area contributed by atoms with E-state index in [0.29, 0.717) is 96.1 Å². The van der Waals surface area contributed by atoms with Crippen molar-refractivity contribution in [3.8, 4) is 23.0 Å². The molecule has 5 unspecified atom stereocenters. The van der Waals surface area contributed by atoms with E-state index in [-0.39, 0.29) is 138 Å². The van der Waals surface area contributed by atoms with Gasteiger partial charge in [-0.1, -0.05) is 250 Å². The third kappa shape index (κ3) is 37.2. The van der Waals surface area contributed by atoms with Gasteiger partial charge in [-0.3, -0.25) is 43.2 Å². The lowest BCUT2D eigenvalue weighted by Gasteiger charge is -2.35. The Balaban J connectivity index is 0.000000336. The van der Waals surface area contributed by atoms with Crippen LogP contribution in [0.1, 0.15) is 139 Å². The lowest BCUT2D eigenvalue weighted by Crippen LogP contribution is -2.48. The molecule has 7 aromatic rings. The Morgan fingerprint density at radius 1 is 0.277 bits per heavy atom. The zero-order valence-electron chi connectivity index (χ0n) is 75.5. The molecule has 0 heterocycles. The summed E-state index contributed by atoms with van der Waals surface area (Å²) in [5.41, 5.74) is 10.1. The summed E-state index contributed by atoms with van der Waals surface area (Å²) in [5, 5.41) is -10.7. The number of rotatable bonds is 41. The summed E-state index contributed by atoms with van der Waals surface area (Å²) >= 11 is 0. The third-order valence-electron chi connectivity index (χ3n) is 21.4. The van der Waals surface area contributed by atoms with Crippen LogP contribution in [0.2, 0.25) is 0 Å². The first-order valence-electron chi connectivity index (χ1n) is 42.3. The molecule has 2 fully saturated rings. The molecular formula is C86H80B15F4O31S5-5. The van der Waals surface area contributed by atoms with Gasteiger partial charge in [0, 0.05) is 11.8 Å². The molecule has 0 saturated heterocycles. The number of ketones is 2. The Morgan fingerprint density at radius 2 is 0.560 bits per heavy atom. The normalized spacial score (nSPS) is 16.0. The van der Waals surface area contributed by atoms with E-state index in [1.807, 2.05) is 6.07 Å². The molecule has 0 amide bonds.